The molecule has 1 aromatic heterocycles. The highest BCUT2D eigenvalue weighted by Crippen LogP contribution is 2.19. The van der Waals surface area contributed by atoms with Crippen molar-refractivity contribution in [2.75, 3.05) is 5.73 Å². The van der Waals surface area contributed by atoms with Crippen molar-refractivity contribution in [1.29, 1.82) is 0 Å². The molecule has 1 heterocycles. The van der Waals surface area contributed by atoms with Crippen molar-refractivity contribution >= 4 is 16.8 Å². The van der Waals surface area contributed by atoms with Crippen LogP contribution in [0.25, 0.3) is 11.1 Å². The number of nitrogens with two attached hydrogens (primary N) is 1. The normalized spacial score (nSPS) is 10.9. The molecule has 0 radical (unpaired) electrons. The highest BCUT2D eigenvalue weighted by Gasteiger charge is 2.11. The topological polar surface area (TPSA) is 61.2 Å². The van der Waals surface area contributed by atoms with E-state index in [1.165, 1.54) is 13.1 Å². The second kappa shape index (κ2) is 2.35. The Morgan fingerprint density at radius 1 is 1.54 bits per heavy atom. The predicted octanol–water partition coefficient (Wildman–Crippen LogP) is 0.853. The minimum absolute atomic E-state index is 0.138. The van der Waals surface area contributed by atoms with Gasteiger partial charge in [-0.1, -0.05) is 0 Å². The second-order valence-electron chi connectivity index (χ2n) is 2.78. The fourth-order valence-corrected chi connectivity index (χ4v) is 1.25. The number of halogens is 1. The molecule has 2 N–H and O–H groups in total. The Balaban J connectivity index is 3.03. The molecule has 2 rings (SSSR count). The summed E-state index contributed by atoms with van der Waals surface area (Å²) in [6, 6.07) is 2.57. The van der Waals surface area contributed by atoms with Gasteiger partial charge in [-0.05, 0) is 6.07 Å². The molecular weight excluding hydrogens is 175 g/mol. The number of hydrogen-bond acceptors (Lipinski definition) is 3. The number of fused-ring (bicyclic) bond motifs is 1. The van der Waals surface area contributed by atoms with Gasteiger partial charge in [0.05, 0.1) is 0 Å². The van der Waals surface area contributed by atoms with E-state index in [4.69, 9.17) is 10.2 Å². The van der Waals surface area contributed by atoms with Crippen LogP contribution in [0.2, 0.25) is 0 Å². The van der Waals surface area contributed by atoms with Gasteiger partial charge < -0.3 is 10.2 Å². The van der Waals surface area contributed by atoms with E-state index < -0.39 is 11.6 Å². The highest BCUT2D eigenvalue weighted by atomic mass is 19.1. The minimum Gasteiger partial charge on any atom is -0.408 e. The van der Waals surface area contributed by atoms with Gasteiger partial charge in [0.2, 0.25) is 0 Å². The van der Waals surface area contributed by atoms with E-state index in [-0.39, 0.29) is 16.8 Å². The van der Waals surface area contributed by atoms with E-state index >= 15 is 0 Å². The number of rotatable bonds is 0. The van der Waals surface area contributed by atoms with Gasteiger partial charge in [0.1, 0.15) is 5.52 Å². The second-order valence-corrected chi connectivity index (χ2v) is 2.78. The number of aromatic nitrogens is 1. The number of anilines is 1. The Bertz CT molecular complexity index is 527. The van der Waals surface area contributed by atoms with Crippen molar-refractivity contribution in [3.63, 3.8) is 0 Å². The van der Waals surface area contributed by atoms with Crippen LogP contribution in [0.4, 0.5) is 10.1 Å². The molecule has 68 valence electrons. The van der Waals surface area contributed by atoms with Gasteiger partial charge >= 0.3 is 5.76 Å². The maximum Gasteiger partial charge on any atom is 0.419 e. The number of nitrogen functional groups attached to an aromatic ring is 1. The van der Waals surface area contributed by atoms with Gasteiger partial charge in [-0.25, -0.2) is 9.18 Å². The summed E-state index contributed by atoms with van der Waals surface area (Å²) in [5, 5.41) is 0. The zero-order chi connectivity index (χ0) is 9.59. The molecule has 0 aliphatic rings. The smallest absolute Gasteiger partial charge is 0.408 e. The number of nitrogens with zero attached hydrogens (tertiary/aromatic N) is 1. The van der Waals surface area contributed by atoms with E-state index in [1.54, 1.807) is 0 Å². The summed E-state index contributed by atoms with van der Waals surface area (Å²) in [4.78, 5) is 11.0. The zero-order valence-corrected chi connectivity index (χ0v) is 6.87. The van der Waals surface area contributed by atoms with E-state index in [9.17, 15) is 9.18 Å². The number of benzene rings is 1. The molecule has 0 saturated carbocycles. The summed E-state index contributed by atoms with van der Waals surface area (Å²) in [7, 11) is 1.44. The van der Waals surface area contributed by atoms with Gasteiger partial charge in [0, 0.05) is 18.8 Å². The van der Waals surface area contributed by atoms with Crippen molar-refractivity contribution in [3.05, 3.63) is 28.5 Å². The maximum atomic E-state index is 13.2. The number of oxazole rings is 1. The summed E-state index contributed by atoms with van der Waals surface area (Å²) in [5.41, 5.74) is 5.92. The fourth-order valence-electron chi connectivity index (χ4n) is 1.25. The number of aryl methyl sites for hydroxylation is 1. The fraction of sp³-hybridized carbons (Fsp3) is 0.125. The van der Waals surface area contributed by atoms with Gasteiger partial charge in [-0.15, -0.1) is 0 Å². The average Bonchev–Trinajstić information content (AvgIpc) is 2.27. The Morgan fingerprint density at radius 2 is 2.23 bits per heavy atom. The molecule has 4 nitrogen and oxygen atoms in total. The van der Waals surface area contributed by atoms with Crippen LogP contribution < -0.4 is 11.5 Å². The maximum absolute atomic E-state index is 13.2. The standard InChI is InChI=1S/C8H7FN2O2/c1-11-7-5(9)2-4(10)3-6(7)13-8(11)12/h2-3H,10H2,1H3. The van der Waals surface area contributed by atoms with Gasteiger partial charge in [0.25, 0.3) is 0 Å². The lowest BCUT2D eigenvalue weighted by Gasteiger charge is -1.95. The summed E-state index contributed by atoms with van der Waals surface area (Å²) in [5.74, 6) is -1.15. The zero-order valence-electron chi connectivity index (χ0n) is 6.87. The molecule has 0 bridgehead atoms. The monoisotopic (exact) mass is 182 g/mol. The van der Waals surface area contributed by atoms with Crippen LogP contribution in [-0.4, -0.2) is 4.57 Å². The molecule has 0 amide bonds. The Kier molecular flexibility index (Phi) is 1.42. The van der Waals surface area contributed by atoms with Gasteiger partial charge in [-0.3, -0.25) is 4.57 Å². The summed E-state index contributed by atoms with van der Waals surface area (Å²) in [6.07, 6.45) is 0. The van der Waals surface area contributed by atoms with E-state index in [0.29, 0.717) is 0 Å². The molecule has 0 spiro atoms. The minimum atomic E-state index is -0.598. The van der Waals surface area contributed by atoms with E-state index in [0.717, 1.165) is 10.6 Å². The summed E-state index contributed by atoms with van der Waals surface area (Å²) < 4.78 is 19.1. The van der Waals surface area contributed by atoms with Crippen molar-refractivity contribution in [2.45, 2.75) is 0 Å². The third kappa shape index (κ3) is 1.00. The largest absolute Gasteiger partial charge is 0.419 e. The molecule has 0 unspecified atom stereocenters. The molecule has 0 aliphatic carbocycles. The first-order chi connectivity index (χ1) is 6.09. The summed E-state index contributed by atoms with van der Waals surface area (Å²) >= 11 is 0. The Morgan fingerprint density at radius 3 is 2.92 bits per heavy atom. The van der Waals surface area contributed by atoms with Crippen molar-refractivity contribution in [3.8, 4) is 0 Å². The number of hydrogen-bond donors (Lipinski definition) is 1. The van der Waals surface area contributed by atoms with Crippen LogP contribution in [-0.2, 0) is 7.05 Å². The molecule has 0 atom stereocenters. The van der Waals surface area contributed by atoms with Crippen LogP contribution in [0.1, 0.15) is 0 Å². The first-order valence-electron chi connectivity index (χ1n) is 3.64. The van der Waals surface area contributed by atoms with Crippen molar-refractivity contribution in [1.82, 2.24) is 4.57 Å². The van der Waals surface area contributed by atoms with Crippen LogP contribution in [0, 0.1) is 5.82 Å². The van der Waals surface area contributed by atoms with Crippen LogP contribution in [0.5, 0.6) is 0 Å². The molecule has 5 heteroatoms. The van der Waals surface area contributed by atoms with Crippen molar-refractivity contribution in [2.24, 2.45) is 7.05 Å². The van der Waals surface area contributed by atoms with E-state index in [2.05, 4.69) is 0 Å². The molecular formula is C8H7FN2O2. The van der Waals surface area contributed by atoms with E-state index in [1.807, 2.05) is 0 Å². The van der Waals surface area contributed by atoms with Crippen LogP contribution >= 0.6 is 0 Å². The lowest BCUT2D eigenvalue weighted by molar-refractivity contribution is 0.528. The molecule has 0 saturated heterocycles. The lowest BCUT2D eigenvalue weighted by atomic mass is 10.3. The summed E-state index contributed by atoms with van der Waals surface area (Å²) in [6.45, 7) is 0. The van der Waals surface area contributed by atoms with Gasteiger partial charge in [0.15, 0.2) is 11.4 Å². The first kappa shape index (κ1) is 7.85. The lowest BCUT2D eigenvalue weighted by Crippen LogP contribution is -2.09. The molecule has 0 fully saturated rings. The third-order valence-corrected chi connectivity index (χ3v) is 1.86. The van der Waals surface area contributed by atoms with Gasteiger partial charge in [-0.2, -0.15) is 0 Å². The SMILES string of the molecule is Cn1c(=O)oc2cc(N)cc(F)c21. The molecule has 2 aromatic rings. The third-order valence-electron chi connectivity index (χ3n) is 1.86. The molecule has 1 aromatic carbocycles. The van der Waals surface area contributed by atoms with Crippen LogP contribution in [0.15, 0.2) is 21.3 Å². The predicted molar refractivity (Wildman–Crippen MR) is 45.8 cm³/mol. The van der Waals surface area contributed by atoms with Crippen molar-refractivity contribution < 1.29 is 8.81 Å². The first-order valence-corrected chi connectivity index (χ1v) is 3.64. The van der Waals surface area contributed by atoms with Crippen LogP contribution in [0.3, 0.4) is 0 Å². The Labute approximate surface area is 72.4 Å². The molecule has 13 heavy (non-hydrogen) atoms. The molecule has 0 aliphatic heterocycles. The average molecular weight is 182 g/mol. The highest BCUT2D eigenvalue weighted by molar-refractivity contribution is 5.77. The Hall–Kier alpha value is -1.78. The quantitative estimate of drug-likeness (QED) is 0.614.